The minimum atomic E-state index is -0.848. The number of carbonyl (C=O) groups excluding carboxylic acids is 3. The minimum absolute atomic E-state index is 0.0952. The van der Waals surface area contributed by atoms with Crippen LogP contribution in [0.25, 0.3) is 27.7 Å². The number of hydrogen-bond acceptors (Lipinski definition) is 8. The maximum absolute atomic E-state index is 12.6. The zero-order chi connectivity index (χ0) is 24.0. The van der Waals surface area contributed by atoms with E-state index in [4.69, 9.17) is 16.5 Å². The highest BCUT2D eigenvalue weighted by Gasteiger charge is 2.33. The number of primary amides is 1. The molecule has 11 heteroatoms. The Labute approximate surface area is 194 Å². The summed E-state index contributed by atoms with van der Waals surface area (Å²) in [5.41, 5.74) is 14.9. The zero-order valence-electron chi connectivity index (χ0n) is 18.4. The number of hydrogen-bond donors (Lipinski definition) is 2. The Morgan fingerprint density at radius 3 is 2.71 bits per heavy atom. The first-order valence-electron chi connectivity index (χ1n) is 10.7. The summed E-state index contributed by atoms with van der Waals surface area (Å²) in [4.78, 5) is 48.3. The van der Waals surface area contributed by atoms with Crippen LogP contribution < -0.4 is 16.4 Å². The Morgan fingerprint density at radius 1 is 1.18 bits per heavy atom. The van der Waals surface area contributed by atoms with Crippen LogP contribution in [-0.4, -0.2) is 68.3 Å². The number of fused-ring (bicyclic) bond motifs is 2. The lowest BCUT2D eigenvalue weighted by atomic mass is 10.1. The molecule has 1 aromatic carbocycles. The predicted octanol–water partition coefficient (Wildman–Crippen LogP) is 0.862. The molecule has 4 aromatic rings. The summed E-state index contributed by atoms with van der Waals surface area (Å²) in [5, 5.41) is 5.33. The van der Waals surface area contributed by atoms with Gasteiger partial charge in [0.25, 0.3) is 0 Å². The van der Waals surface area contributed by atoms with Crippen molar-refractivity contribution in [1.82, 2.24) is 24.5 Å². The number of Topliss-reactive ketones (excluding diaryl/α,β-unsaturated/α-hetero) is 1. The Bertz CT molecular complexity index is 1460. The number of aromatic nitrogens is 4. The van der Waals surface area contributed by atoms with Crippen LogP contribution in [0.3, 0.4) is 0 Å². The van der Waals surface area contributed by atoms with Gasteiger partial charge in [-0.2, -0.15) is 9.61 Å². The lowest BCUT2D eigenvalue weighted by Gasteiger charge is -2.39. The lowest BCUT2D eigenvalue weighted by Crippen LogP contribution is -2.58. The number of rotatable bonds is 5. The molecule has 3 aromatic heterocycles. The van der Waals surface area contributed by atoms with Crippen molar-refractivity contribution in [3.8, 4) is 11.1 Å². The maximum Gasteiger partial charge on any atom is 0.242 e. The van der Waals surface area contributed by atoms with Crippen LogP contribution >= 0.6 is 0 Å². The SMILES string of the molecule is CC(=O)c1c(N2CCN(C=O)C(C(N)=O)C2)nc2c(-c3cnc4ccccc4c3)cnn2c1N. The monoisotopic (exact) mass is 458 g/mol. The van der Waals surface area contributed by atoms with Gasteiger partial charge in [-0.1, -0.05) is 18.2 Å². The van der Waals surface area contributed by atoms with E-state index >= 15 is 0 Å². The van der Waals surface area contributed by atoms with Crippen molar-refractivity contribution in [3.63, 3.8) is 0 Å². The van der Waals surface area contributed by atoms with Crippen molar-refractivity contribution in [2.24, 2.45) is 5.73 Å². The Balaban J connectivity index is 1.67. The molecule has 2 amide bonds. The fourth-order valence-corrected chi connectivity index (χ4v) is 4.36. The Morgan fingerprint density at radius 2 is 1.97 bits per heavy atom. The smallest absolute Gasteiger partial charge is 0.242 e. The number of ketones is 1. The molecule has 0 aliphatic carbocycles. The number of amides is 2. The van der Waals surface area contributed by atoms with Crippen molar-refractivity contribution in [3.05, 3.63) is 48.3 Å². The van der Waals surface area contributed by atoms with E-state index < -0.39 is 11.9 Å². The molecule has 11 nitrogen and oxygen atoms in total. The van der Waals surface area contributed by atoms with E-state index in [9.17, 15) is 14.4 Å². The van der Waals surface area contributed by atoms with E-state index in [2.05, 4.69) is 10.1 Å². The Kier molecular flexibility index (Phi) is 5.08. The number of carbonyl (C=O) groups is 3. The average molecular weight is 458 g/mol. The van der Waals surface area contributed by atoms with Crippen LogP contribution in [0.15, 0.2) is 42.7 Å². The number of nitrogen functional groups attached to an aromatic ring is 1. The first-order chi connectivity index (χ1) is 16.4. The fraction of sp³-hybridized carbons (Fsp3) is 0.217. The van der Waals surface area contributed by atoms with Gasteiger partial charge in [-0.3, -0.25) is 19.4 Å². The summed E-state index contributed by atoms with van der Waals surface area (Å²) in [5.74, 6) is -0.465. The molecule has 1 unspecified atom stereocenters. The van der Waals surface area contributed by atoms with E-state index in [1.165, 1.54) is 16.3 Å². The third-order valence-electron chi connectivity index (χ3n) is 6.10. The third-order valence-corrected chi connectivity index (χ3v) is 6.10. The molecule has 0 bridgehead atoms. The van der Waals surface area contributed by atoms with Gasteiger partial charge >= 0.3 is 0 Å². The van der Waals surface area contributed by atoms with Gasteiger partial charge in [-0.25, -0.2) is 4.98 Å². The number of para-hydroxylation sites is 1. The molecule has 1 saturated heterocycles. The molecule has 1 atom stereocenters. The molecule has 1 fully saturated rings. The van der Waals surface area contributed by atoms with Crippen molar-refractivity contribution in [2.75, 3.05) is 30.3 Å². The quantitative estimate of drug-likeness (QED) is 0.330. The van der Waals surface area contributed by atoms with Crippen molar-refractivity contribution in [1.29, 1.82) is 0 Å². The van der Waals surface area contributed by atoms with Gasteiger partial charge in [0.2, 0.25) is 12.3 Å². The first-order valence-corrected chi connectivity index (χ1v) is 10.7. The molecular formula is C23H22N8O3. The fourth-order valence-electron chi connectivity index (χ4n) is 4.36. The second-order valence-corrected chi connectivity index (χ2v) is 8.17. The lowest BCUT2D eigenvalue weighted by molar-refractivity contribution is -0.131. The highest BCUT2D eigenvalue weighted by Crippen LogP contribution is 2.32. The molecule has 0 radical (unpaired) electrons. The van der Waals surface area contributed by atoms with E-state index in [1.54, 1.807) is 17.3 Å². The molecule has 5 rings (SSSR count). The van der Waals surface area contributed by atoms with Crippen molar-refractivity contribution < 1.29 is 14.4 Å². The summed E-state index contributed by atoms with van der Waals surface area (Å²) in [6.45, 7) is 2.10. The average Bonchev–Trinajstić information content (AvgIpc) is 3.27. The second-order valence-electron chi connectivity index (χ2n) is 8.17. The largest absolute Gasteiger partial charge is 0.383 e. The van der Waals surface area contributed by atoms with Crippen LogP contribution in [0, 0.1) is 0 Å². The molecule has 1 aliphatic heterocycles. The summed E-state index contributed by atoms with van der Waals surface area (Å²) in [6, 6.07) is 8.89. The highest BCUT2D eigenvalue weighted by molar-refractivity contribution is 6.04. The first kappa shape index (κ1) is 21.3. The summed E-state index contributed by atoms with van der Waals surface area (Å²) in [7, 11) is 0. The normalized spacial score (nSPS) is 16.2. The van der Waals surface area contributed by atoms with E-state index in [0.717, 1.165) is 16.5 Å². The van der Waals surface area contributed by atoms with Gasteiger partial charge in [-0.05, 0) is 19.1 Å². The van der Waals surface area contributed by atoms with E-state index in [1.807, 2.05) is 30.3 Å². The number of benzene rings is 1. The van der Waals surface area contributed by atoms with Crippen LogP contribution in [0.2, 0.25) is 0 Å². The molecule has 0 saturated carbocycles. The van der Waals surface area contributed by atoms with Crippen molar-refractivity contribution >= 4 is 46.3 Å². The van der Waals surface area contributed by atoms with Gasteiger partial charge in [0.1, 0.15) is 23.2 Å². The number of nitrogens with two attached hydrogens (primary N) is 2. The van der Waals surface area contributed by atoms with Crippen LogP contribution in [0.4, 0.5) is 11.6 Å². The molecule has 0 spiro atoms. The number of pyridine rings is 1. The minimum Gasteiger partial charge on any atom is -0.383 e. The topological polar surface area (TPSA) is 153 Å². The Hall–Kier alpha value is -4.54. The molecule has 1 aliphatic rings. The third kappa shape index (κ3) is 3.38. The highest BCUT2D eigenvalue weighted by atomic mass is 16.2. The van der Waals surface area contributed by atoms with Crippen LogP contribution in [0.5, 0.6) is 0 Å². The maximum atomic E-state index is 12.6. The molecule has 34 heavy (non-hydrogen) atoms. The van der Waals surface area contributed by atoms with Crippen LogP contribution in [-0.2, 0) is 9.59 Å². The second kappa shape index (κ2) is 8.10. The van der Waals surface area contributed by atoms with Gasteiger partial charge < -0.3 is 21.3 Å². The zero-order valence-corrected chi connectivity index (χ0v) is 18.4. The van der Waals surface area contributed by atoms with E-state index in [-0.39, 0.29) is 30.3 Å². The van der Waals surface area contributed by atoms with Gasteiger partial charge in [0, 0.05) is 42.3 Å². The van der Waals surface area contributed by atoms with E-state index in [0.29, 0.717) is 30.0 Å². The molecule has 4 N–H and O–H groups in total. The molecule has 4 heterocycles. The van der Waals surface area contributed by atoms with Crippen LogP contribution in [0.1, 0.15) is 17.3 Å². The summed E-state index contributed by atoms with van der Waals surface area (Å²) >= 11 is 0. The number of nitrogens with zero attached hydrogens (tertiary/aromatic N) is 6. The van der Waals surface area contributed by atoms with Gasteiger partial charge in [0.05, 0.1) is 11.7 Å². The summed E-state index contributed by atoms with van der Waals surface area (Å²) in [6.07, 6.45) is 3.97. The number of piperazine rings is 1. The van der Waals surface area contributed by atoms with Gasteiger partial charge in [0.15, 0.2) is 11.4 Å². The molecule has 172 valence electrons. The van der Waals surface area contributed by atoms with Gasteiger partial charge in [-0.15, -0.1) is 0 Å². The standard InChI is InChI=1S/C23H22N8O3/c1-13(33)19-20(24)31-22(28-23(19)29-6-7-30(12-32)18(11-29)21(25)34)16(10-27-31)15-8-14-4-2-3-5-17(14)26-9-15/h2-5,8-10,12,18H,6-7,11,24H2,1H3,(H2,25,34). The predicted molar refractivity (Wildman–Crippen MR) is 126 cm³/mol. The summed E-state index contributed by atoms with van der Waals surface area (Å²) < 4.78 is 1.43. The number of anilines is 2. The molecular weight excluding hydrogens is 436 g/mol. The van der Waals surface area contributed by atoms with Crippen molar-refractivity contribution in [2.45, 2.75) is 13.0 Å².